The molecule has 0 bridgehead atoms. The van der Waals surface area contributed by atoms with E-state index in [1.807, 2.05) is 29.3 Å². The third-order valence-corrected chi connectivity index (χ3v) is 6.07. The summed E-state index contributed by atoms with van der Waals surface area (Å²) in [5.41, 5.74) is 9.19. The second-order valence-corrected chi connectivity index (χ2v) is 8.76. The molecule has 4 rings (SSSR count). The van der Waals surface area contributed by atoms with Gasteiger partial charge in [-0.2, -0.15) is 5.26 Å². The predicted octanol–water partition coefficient (Wildman–Crippen LogP) is 2.68. The number of allylic oxidation sites excluding steroid dienone is 3. The highest BCUT2D eigenvalue weighted by Gasteiger charge is 2.46. The van der Waals surface area contributed by atoms with Gasteiger partial charge in [-0.05, 0) is 17.9 Å². The van der Waals surface area contributed by atoms with Crippen molar-refractivity contribution in [1.29, 1.82) is 5.26 Å². The summed E-state index contributed by atoms with van der Waals surface area (Å²) < 4.78 is 11.1. The lowest BCUT2D eigenvalue weighted by Crippen LogP contribution is -2.53. The molecule has 1 aromatic rings. The smallest absolute Gasteiger partial charge is 0.162 e. The number of methoxy groups -OCH3 is 1. The van der Waals surface area contributed by atoms with Crippen LogP contribution >= 0.6 is 0 Å². The van der Waals surface area contributed by atoms with Gasteiger partial charge in [0.25, 0.3) is 0 Å². The van der Waals surface area contributed by atoms with Crippen LogP contribution in [0.25, 0.3) is 0 Å². The number of Topliss-reactive ketones (excluding diaryl/α,β-unsaturated/α-hetero) is 1. The second kappa shape index (κ2) is 7.78. The molecular formula is C23H28N4O3. The second-order valence-electron chi connectivity index (χ2n) is 8.76. The monoisotopic (exact) mass is 408 g/mol. The SMILES string of the molecule is COc1ccccc1C1C(C#N)=C(N)N(N2CCOCC2)C2=C1C(=O)CC(C)(C)C2. The van der Waals surface area contributed by atoms with Gasteiger partial charge in [0.1, 0.15) is 11.6 Å². The van der Waals surface area contributed by atoms with Crippen molar-refractivity contribution in [1.82, 2.24) is 10.0 Å². The zero-order valence-electron chi connectivity index (χ0n) is 17.8. The van der Waals surface area contributed by atoms with Crippen LogP contribution in [0.1, 0.15) is 38.2 Å². The van der Waals surface area contributed by atoms with Crippen LogP contribution in [0.4, 0.5) is 0 Å². The Balaban J connectivity index is 1.95. The fraction of sp³-hybridized carbons (Fsp3) is 0.478. The van der Waals surface area contributed by atoms with Crippen molar-refractivity contribution in [3.63, 3.8) is 0 Å². The number of hydrogen-bond donors (Lipinski definition) is 1. The number of para-hydroxylation sites is 1. The number of ether oxygens (including phenoxy) is 2. The molecule has 1 aromatic carbocycles. The van der Waals surface area contributed by atoms with E-state index in [2.05, 4.69) is 24.9 Å². The van der Waals surface area contributed by atoms with Gasteiger partial charge in [0.2, 0.25) is 0 Å². The summed E-state index contributed by atoms with van der Waals surface area (Å²) in [5, 5.41) is 14.1. The molecule has 0 aromatic heterocycles. The van der Waals surface area contributed by atoms with Crippen LogP contribution in [0.3, 0.4) is 0 Å². The number of carbonyl (C=O) groups excluding carboxylic acids is 1. The average molecular weight is 409 g/mol. The van der Waals surface area contributed by atoms with Gasteiger partial charge in [-0.3, -0.25) is 9.80 Å². The van der Waals surface area contributed by atoms with Gasteiger partial charge in [0.15, 0.2) is 5.78 Å². The summed E-state index contributed by atoms with van der Waals surface area (Å²) in [4.78, 5) is 13.5. The third-order valence-electron chi connectivity index (χ3n) is 6.07. The molecular weight excluding hydrogens is 380 g/mol. The summed E-state index contributed by atoms with van der Waals surface area (Å²) in [6.45, 7) is 6.69. The topological polar surface area (TPSA) is 91.8 Å². The molecule has 1 aliphatic carbocycles. The van der Waals surface area contributed by atoms with Crippen molar-refractivity contribution >= 4 is 5.78 Å². The first-order valence-corrected chi connectivity index (χ1v) is 10.3. The Morgan fingerprint density at radius 1 is 1.23 bits per heavy atom. The van der Waals surface area contributed by atoms with Gasteiger partial charge in [-0.15, -0.1) is 0 Å². The number of nitrogens with two attached hydrogens (primary N) is 1. The van der Waals surface area contributed by atoms with E-state index in [1.54, 1.807) is 7.11 Å². The van der Waals surface area contributed by atoms with Crippen molar-refractivity contribution in [3.8, 4) is 11.8 Å². The first kappa shape index (κ1) is 20.5. The molecule has 158 valence electrons. The van der Waals surface area contributed by atoms with Crippen LogP contribution in [-0.4, -0.2) is 49.2 Å². The Morgan fingerprint density at radius 2 is 1.93 bits per heavy atom. The standard InChI is InChI=1S/C23H28N4O3/c1-23(2)12-17-21(18(28)13-23)20(15-6-4-5-7-19(15)29-3)16(14-24)22(25)27(17)26-8-10-30-11-9-26/h4-7,20H,8-13,25H2,1-3H3. The minimum absolute atomic E-state index is 0.0654. The molecule has 2 N–H and O–H groups in total. The maximum atomic E-state index is 13.5. The minimum atomic E-state index is -0.526. The Bertz CT molecular complexity index is 967. The maximum absolute atomic E-state index is 13.5. The molecule has 2 heterocycles. The molecule has 30 heavy (non-hydrogen) atoms. The number of ketones is 1. The zero-order chi connectivity index (χ0) is 21.5. The Kier molecular flexibility index (Phi) is 5.31. The quantitative estimate of drug-likeness (QED) is 0.822. The molecule has 0 radical (unpaired) electrons. The summed E-state index contributed by atoms with van der Waals surface area (Å²) in [7, 11) is 1.60. The Labute approximate surface area is 177 Å². The van der Waals surface area contributed by atoms with Crippen molar-refractivity contribution in [2.75, 3.05) is 33.4 Å². The van der Waals surface area contributed by atoms with Crippen molar-refractivity contribution < 1.29 is 14.3 Å². The van der Waals surface area contributed by atoms with Gasteiger partial charge < -0.3 is 15.2 Å². The molecule has 0 saturated carbocycles. The highest BCUT2D eigenvalue weighted by Crippen LogP contribution is 2.50. The van der Waals surface area contributed by atoms with Crippen LogP contribution < -0.4 is 10.5 Å². The number of hydrazine groups is 1. The van der Waals surface area contributed by atoms with E-state index in [1.165, 1.54) is 0 Å². The van der Waals surface area contributed by atoms with Gasteiger partial charge >= 0.3 is 0 Å². The number of hydrogen-bond acceptors (Lipinski definition) is 7. The summed E-state index contributed by atoms with van der Waals surface area (Å²) in [6.07, 6.45) is 1.14. The normalized spacial score (nSPS) is 24.5. The van der Waals surface area contributed by atoms with E-state index in [0.717, 1.165) is 11.3 Å². The fourth-order valence-electron chi connectivity index (χ4n) is 4.78. The first-order chi connectivity index (χ1) is 14.4. The highest BCUT2D eigenvalue weighted by atomic mass is 16.5. The molecule has 1 atom stereocenters. The van der Waals surface area contributed by atoms with Crippen LogP contribution in [-0.2, 0) is 9.53 Å². The number of nitriles is 1. The number of benzene rings is 1. The maximum Gasteiger partial charge on any atom is 0.162 e. The van der Waals surface area contributed by atoms with E-state index in [-0.39, 0.29) is 11.2 Å². The Hall–Kier alpha value is -2.82. The van der Waals surface area contributed by atoms with Crippen molar-refractivity contribution in [2.24, 2.45) is 11.1 Å². The molecule has 1 saturated heterocycles. The molecule has 3 aliphatic rings. The molecule has 2 aliphatic heterocycles. The number of rotatable bonds is 3. The van der Waals surface area contributed by atoms with E-state index in [0.29, 0.717) is 61.9 Å². The molecule has 0 amide bonds. The largest absolute Gasteiger partial charge is 0.496 e. The number of morpholine rings is 1. The van der Waals surface area contributed by atoms with Gasteiger partial charge in [-0.1, -0.05) is 32.0 Å². The zero-order valence-corrected chi connectivity index (χ0v) is 17.8. The first-order valence-electron chi connectivity index (χ1n) is 10.3. The molecule has 1 unspecified atom stereocenters. The van der Waals surface area contributed by atoms with Gasteiger partial charge in [0.05, 0.1) is 37.9 Å². The van der Waals surface area contributed by atoms with Crippen LogP contribution in [0.15, 0.2) is 46.9 Å². The van der Waals surface area contributed by atoms with E-state index >= 15 is 0 Å². The minimum Gasteiger partial charge on any atom is -0.496 e. The van der Waals surface area contributed by atoms with Crippen LogP contribution in [0.2, 0.25) is 0 Å². The highest BCUT2D eigenvalue weighted by molar-refractivity contribution is 6.00. The summed E-state index contributed by atoms with van der Waals surface area (Å²) >= 11 is 0. The predicted molar refractivity (Wildman–Crippen MR) is 112 cm³/mol. The lowest BCUT2D eigenvalue weighted by atomic mass is 9.69. The third kappa shape index (κ3) is 3.36. The van der Waals surface area contributed by atoms with Gasteiger partial charge in [-0.25, -0.2) is 5.01 Å². The van der Waals surface area contributed by atoms with Crippen LogP contribution in [0.5, 0.6) is 5.75 Å². The van der Waals surface area contributed by atoms with E-state index in [9.17, 15) is 10.1 Å². The molecule has 0 spiro atoms. The summed E-state index contributed by atoms with van der Waals surface area (Å²) in [6, 6.07) is 9.85. The average Bonchev–Trinajstić information content (AvgIpc) is 2.72. The van der Waals surface area contributed by atoms with E-state index in [4.69, 9.17) is 15.2 Å². The lowest BCUT2D eigenvalue weighted by Gasteiger charge is -2.48. The Morgan fingerprint density at radius 3 is 2.60 bits per heavy atom. The number of nitrogens with zero attached hydrogens (tertiary/aromatic N) is 3. The lowest BCUT2D eigenvalue weighted by molar-refractivity contribution is -0.119. The van der Waals surface area contributed by atoms with Crippen molar-refractivity contribution in [3.05, 3.63) is 52.5 Å². The van der Waals surface area contributed by atoms with Gasteiger partial charge in [0, 0.05) is 36.3 Å². The summed E-state index contributed by atoms with van der Waals surface area (Å²) in [5.74, 6) is 0.574. The van der Waals surface area contributed by atoms with Crippen LogP contribution in [0, 0.1) is 16.7 Å². The fourth-order valence-corrected chi connectivity index (χ4v) is 4.78. The molecule has 1 fully saturated rings. The van der Waals surface area contributed by atoms with E-state index < -0.39 is 5.92 Å². The number of carbonyl (C=O) groups is 1. The molecule has 7 nitrogen and oxygen atoms in total. The van der Waals surface area contributed by atoms with Crippen molar-refractivity contribution in [2.45, 2.75) is 32.6 Å². The molecule has 7 heteroatoms.